The van der Waals surface area contributed by atoms with Gasteiger partial charge in [-0.2, -0.15) is 18.3 Å². The molecule has 31 heavy (non-hydrogen) atoms. The lowest BCUT2D eigenvalue weighted by Gasteiger charge is -2.24. The molecule has 0 aliphatic rings. The Labute approximate surface area is 179 Å². The first kappa shape index (κ1) is 22.5. The summed E-state index contributed by atoms with van der Waals surface area (Å²) < 4.78 is 40.2. The Kier molecular flexibility index (Phi) is 6.48. The SMILES string of the molecule is Cc1cc([C@@H](CC(C)C)Nc2ccc(C=O)cn2)cc(C)c1-n1cc(C(F)(F)F)cn1. The first-order valence-corrected chi connectivity index (χ1v) is 9.99. The molecule has 8 heteroatoms. The van der Waals surface area contributed by atoms with Crippen molar-refractivity contribution in [2.24, 2.45) is 5.92 Å². The summed E-state index contributed by atoms with van der Waals surface area (Å²) in [4.78, 5) is 15.2. The van der Waals surface area contributed by atoms with Gasteiger partial charge >= 0.3 is 6.18 Å². The topological polar surface area (TPSA) is 59.8 Å². The molecule has 164 valence electrons. The van der Waals surface area contributed by atoms with Gasteiger partial charge in [-0.05, 0) is 55.0 Å². The Bertz CT molecular complexity index is 1030. The highest BCUT2D eigenvalue weighted by Crippen LogP contribution is 2.32. The number of rotatable bonds is 7. The summed E-state index contributed by atoms with van der Waals surface area (Å²) in [6.07, 6.45) is 0.501. The number of aldehydes is 1. The number of anilines is 1. The summed E-state index contributed by atoms with van der Waals surface area (Å²) in [6.45, 7) is 7.97. The minimum atomic E-state index is -4.43. The monoisotopic (exact) mass is 430 g/mol. The molecule has 0 fully saturated rings. The molecule has 3 rings (SSSR count). The number of aromatic nitrogens is 3. The number of benzene rings is 1. The van der Waals surface area contributed by atoms with Crippen molar-refractivity contribution in [3.05, 3.63) is 70.7 Å². The minimum absolute atomic E-state index is 0.0515. The first-order valence-electron chi connectivity index (χ1n) is 9.99. The first-order chi connectivity index (χ1) is 14.6. The molecule has 3 aromatic rings. The Morgan fingerprint density at radius 2 is 1.81 bits per heavy atom. The number of halogens is 3. The summed E-state index contributed by atoms with van der Waals surface area (Å²) in [5.74, 6) is 1.05. The number of aryl methyl sites for hydroxylation is 2. The van der Waals surface area contributed by atoms with Gasteiger partial charge in [0.2, 0.25) is 0 Å². The van der Waals surface area contributed by atoms with E-state index in [2.05, 4.69) is 29.2 Å². The smallest absolute Gasteiger partial charge is 0.363 e. The van der Waals surface area contributed by atoms with Crippen LogP contribution in [0.15, 0.2) is 42.9 Å². The Morgan fingerprint density at radius 3 is 2.29 bits per heavy atom. The van der Waals surface area contributed by atoms with Crippen molar-refractivity contribution in [1.29, 1.82) is 0 Å². The third-order valence-corrected chi connectivity index (χ3v) is 5.01. The molecule has 0 bridgehead atoms. The lowest BCUT2D eigenvalue weighted by Crippen LogP contribution is -2.15. The van der Waals surface area contributed by atoms with Gasteiger partial charge in [0, 0.05) is 18.0 Å². The van der Waals surface area contributed by atoms with Crippen LogP contribution in [0.5, 0.6) is 0 Å². The quantitative estimate of drug-likeness (QED) is 0.473. The molecule has 0 aliphatic heterocycles. The van der Waals surface area contributed by atoms with E-state index in [4.69, 9.17) is 0 Å². The van der Waals surface area contributed by atoms with Gasteiger partial charge in [-0.3, -0.25) is 4.79 Å². The van der Waals surface area contributed by atoms with Crippen molar-refractivity contribution >= 4 is 12.1 Å². The number of hydrogen-bond donors (Lipinski definition) is 1. The van der Waals surface area contributed by atoms with Crippen molar-refractivity contribution in [3.8, 4) is 5.69 Å². The second-order valence-electron chi connectivity index (χ2n) is 8.10. The van der Waals surface area contributed by atoms with Crippen molar-refractivity contribution in [1.82, 2.24) is 14.8 Å². The zero-order chi connectivity index (χ0) is 22.8. The van der Waals surface area contributed by atoms with Crippen molar-refractivity contribution < 1.29 is 18.0 Å². The predicted molar refractivity (Wildman–Crippen MR) is 113 cm³/mol. The van der Waals surface area contributed by atoms with Crippen molar-refractivity contribution in [2.75, 3.05) is 5.32 Å². The number of nitrogens with zero attached hydrogens (tertiary/aromatic N) is 3. The standard InChI is InChI=1S/C23H25F3N4O/c1-14(2)7-20(29-21-6-5-17(13-31)10-27-21)18-8-15(3)22(16(4)9-18)30-12-19(11-28-30)23(24,25)26/h5-6,8-14,20H,7H2,1-4H3,(H,27,29)/t20-/m1/s1. The van der Waals surface area contributed by atoms with Gasteiger partial charge in [0.15, 0.2) is 6.29 Å². The maximum Gasteiger partial charge on any atom is 0.419 e. The summed E-state index contributed by atoms with van der Waals surface area (Å²) in [5.41, 5.74) is 3.02. The van der Waals surface area contributed by atoms with Crippen LogP contribution in [0.1, 0.15) is 58.9 Å². The number of carbonyl (C=O) groups excluding carboxylic acids is 1. The van der Waals surface area contributed by atoms with Crippen LogP contribution in [0.3, 0.4) is 0 Å². The van der Waals surface area contributed by atoms with Crippen LogP contribution in [0.2, 0.25) is 0 Å². The third-order valence-electron chi connectivity index (χ3n) is 5.01. The number of carbonyl (C=O) groups is 1. The van der Waals surface area contributed by atoms with Gasteiger partial charge in [-0.25, -0.2) is 9.67 Å². The molecule has 1 atom stereocenters. The van der Waals surface area contributed by atoms with E-state index in [-0.39, 0.29) is 6.04 Å². The van der Waals surface area contributed by atoms with E-state index in [0.717, 1.165) is 41.8 Å². The van der Waals surface area contributed by atoms with Crippen molar-refractivity contribution in [3.63, 3.8) is 0 Å². The number of pyridine rings is 1. The van der Waals surface area contributed by atoms with Gasteiger partial charge in [-0.15, -0.1) is 0 Å². The van der Waals surface area contributed by atoms with Gasteiger partial charge < -0.3 is 5.32 Å². The molecule has 0 amide bonds. The molecule has 1 aromatic carbocycles. The highest BCUT2D eigenvalue weighted by molar-refractivity contribution is 5.74. The summed E-state index contributed by atoms with van der Waals surface area (Å²) in [6, 6.07) is 7.34. The van der Waals surface area contributed by atoms with Gasteiger partial charge in [0.05, 0.1) is 23.5 Å². The van der Waals surface area contributed by atoms with E-state index < -0.39 is 11.7 Å². The fourth-order valence-electron chi connectivity index (χ4n) is 3.63. The van der Waals surface area contributed by atoms with E-state index in [0.29, 0.717) is 23.0 Å². The summed E-state index contributed by atoms with van der Waals surface area (Å²) >= 11 is 0. The third kappa shape index (κ3) is 5.31. The lowest BCUT2D eigenvalue weighted by molar-refractivity contribution is -0.137. The second kappa shape index (κ2) is 8.91. The molecule has 0 saturated heterocycles. The molecular weight excluding hydrogens is 405 g/mol. The Balaban J connectivity index is 1.94. The molecule has 0 saturated carbocycles. The van der Waals surface area contributed by atoms with Crippen LogP contribution in [0, 0.1) is 19.8 Å². The maximum atomic E-state index is 13.0. The van der Waals surface area contributed by atoms with E-state index in [1.807, 2.05) is 26.0 Å². The number of nitrogens with one attached hydrogen (secondary N) is 1. The Hall–Kier alpha value is -3.16. The molecule has 2 heterocycles. The zero-order valence-corrected chi connectivity index (χ0v) is 17.9. The van der Waals surface area contributed by atoms with Gasteiger partial charge in [0.25, 0.3) is 0 Å². The fraction of sp³-hybridized carbons (Fsp3) is 0.348. The average molecular weight is 430 g/mol. The molecule has 0 aliphatic carbocycles. The average Bonchev–Trinajstić information content (AvgIpc) is 3.17. The zero-order valence-electron chi connectivity index (χ0n) is 17.9. The largest absolute Gasteiger partial charge is 0.419 e. The Morgan fingerprint density at radius 1 is 1.13 bits per heavy atom. The molecular formula is C23H25F3N4O. The van der Waals surface area contributed by atoms with E-state index in [1.54, 1.807) is 12.1 Å². The van der Waals surface area contributed by atoms with Crippen molar-refractivity contribution in [2.45, 2.75) is 46.3 Å². The van der Waals surface area contributed by atoms with Crippen LogP contribution in [-0.4, -0.2) is 21.1 Å². The molecule has 5 nitrogen and oxygen atoms in total. The van der Waals surface area contributed by atoms with Crippen LogP contribution in [0.25, 0.3) is 5.69 Å². The predicted octanol–water partition coefficient (Wildman–Crippen LogP) is 5.91. The van der Waals surface area contributed by atoms with Crippen LogP contribution in [0.4, 0.5) is 19.0 Å². The molecule has 1 N–H and O–H groups in total. The number of hydrogen-bond acceptors (Lipinski definition) is 4. The molecule has 2 aromatic heterocycles. The van der Waals surface area contributed by atoms with Crippen LogP contribution in [-0.2, 0) is 6.18 Å². The lowest BCUT2D eigenvalue weighted by atomic mass is 9.93. The van der Waals surface area contributed by atoms with E-state index >= 15 is 0 Å². The highest BCUT2D eigenvalue weighted by atomic mass is 19.4. The minimum Gasteiger partial charge on any atom is -0.363 e. The van der Waals surface area contributed by atoms with Crippen LogP contribution < -0.4 is 5.32 Å². The molecule has 0 unspecified atom stereocenters. The van der Waals surface area contributed by atoms with Gasteiger partial charge in [0.1, 0.15) is 5.82 Å². The van der Waals surface area contributed by atoms with E-state index in [1.165, 1.54) is 10.9 Å². The normalized spacial score (nSPS) is 12.8. The summed E-state index contributed by atoms with van der Waals surface area (Å²) in [5, 5.41) is 7.34. The van der Waals surface area contributed by atoms with Crippen LogP contribution >= 0.6 is 0 Å². The highest BCUT2D eigenvalue weighted by Gasteiger charge is 2.32. The second-order valence-corrected chi connectivity index (χ2v) is 8.10. The fourth-order valence-corrected chi connectivity index (χ4v) is 3.63. The maximum absolute atomic E-state index is 13.0. The molecule has 0 spiro atoms. The van der Waals surface area contributed by atoms with Gasteiger partial charge in [-0.1, -0.05) is 26.0 Å². The van der Waals surface area contributed by atoms with E-state index in [9.17, 15) is 18.0 Å². The summed E-state index contributed by atoms with van der Waals surface area (Å²) in [7, 11) is 0. The number of alkyl halides is 3. The molecule has 0 radical (unpaired) electrons.